The molecular formula is C19H25FN6. The van der Waals surface area contributed by atoms with Gasteiger partial charge < -0.3 is 16.4 Å². The van der Waals surface area contributed by atoms with E-state index in [1.54, 1.807) is 0 Å². The van der Waals surface area contributed by atoms with Crippen molar-refractivity contribution in [3.8, 4) is 0 Å². The van der Waals surface area contributed by atoms with Crippen LogP contribution in [0.5, 0.6) is 0 Å². The van der Waals surface area contributed by atoms with Crippen molar-refractivity contribution in [3.63, 3.8) is 0 Å². The fourth-order valence-corrected chi connectivity index (χ4v) is 3.73. The first kappa shape index (κ1) is 17.2. The van der Waals surface area contributed by atoms with Crippen LogP contribution >= 0.6 is 0 Å². The number of nitrogens with two attached hydrogens (primary N) is 2. The van der Waals surface area contributed by atoms with E-state index in [0.717, 1.165) is 62.6 Å². The van der Waals surface area contributed by atoms with Crippen LogP contribution in [-0.4, -0.2) is 47.1 Å². The molecule has 0 atom stereocenters. The van der Waals surface area contributed by atoms with Crippen molar-refractivity contribution in [2.75, 3.05) is 36.8 Å². The lowest BCUT2D eigenvalue weighted by molar-refractivity contribution is 0.249. The van der Waals surface area contributed by atoms with Gasteiger partial charge in [-0.15, -0.1) is 0 Å². The van der Waals surface area contributed by atoms with Crippen LogP contribution in [-0.2, 0) is 6.54 Å². The van der Waals surface area contributed by atoms with Gasteiger partial charge in [-0.2, -0.15) is 4.98 Å². The minimum atomic E-state index is -0.192. The van der Waals surface area contributed by atoms with Crippen molar-refractivity contribution in [1.82, 2.24) is 14.9 Å². The number of hydrogen-bond acceptors (Lipinski definition) is 6. The van der Waals surface area contributed by atoms with Gasteiger partial charge in [0.15, 0.2) is 0 Å². The number of hydrogen-bond donors (Lipinski definition) is 2. The lowest BCUT2D eigenvalue weighted by Crippen LogP contribution is -2.46. The summed E-state index contributed by atoms with van der Waals surface area (Å²) >= 11 is 0. The largest absolute Gasteiger partial charge is 0.368 e. The Bertz CT molecular complexity index is 751. The van der Waals surface area contributed by atoms with E-state index in [1.165, 1.54) is 12.1 Å². The van der Waals surface area contributed by atoms with Crippen molar-refractivity contribution >= 4 is 11.8 Å². The predicted molar refractivity (Wildman–Crippen MR) is 100 cm³/mol. The highest BCUT2D eigenvalue weighted by atomic mass is 19.1. The molecule has 1 aliphatic carbocycles. The van der Waals surface area contributed by atoms with Crippen LogP contribution in [0.4, 0.5) is 16.2 Å². The number of nitrogen functional groups attached to an aromatic ring is 1. The highest BCUT2D eigenvalue weighted by molar-refractivity contribution is 5.45. The molecule has 1 saturated carbocycles. The van der Waals surface area contributed by atoms with Crippen molar-refractivity contribution in [1.29, 1.82) is 0 Å². The first-order valence-corrected chi connectivity index (χ1v) is 9.18. The van der Waals surface area contributed by atoms with Crippen molar-refractivity contribution in [2.45, 2.75) is 31.3 Å². The minimum Gasteiger partial charge on any atom is -0.368 e. The zero-order valence-corrected chi connectivity index (χ0v) is 14.8. The molecular weight excluding hydrogens is 331 g/mol. The molecule has 1 aliphatic heterocycles. The second-order valence-electron chi connectivity index (χ2n) is 7.33. The summed E-state index contributed by atoms with van der Waals surface area (Å²) in [5, 5.41) is 0. The third-order valence-corrected chi connectivity index (χ3v) is 5.36. The molecule has 2 fully saturated rings. The van der Waals surface area contributed by atoms with Crippen LogP contribution in [0.15, 0.2) is 30.3 Å². The van der Waals surface area contributed by atoms with Crippen LogP contribution in [0.3, 0.4) is 0 Å². The molecule has 2 heterocycles. The first-order valence-electron chi connectivity index (χ1n) is 9.18. The third kappa shape index (κ3) is 3.78. The Kier molecular flexibility index (Phi) is 4.74. The fraction of sp³-hybridized carbons (Fsp3) is 0.474. The second-order valence-corrected chi connectivity index (χ2v) is 7.33. The van der Waals surface area contributed by atoms with Gasteiger partial charge >= 0.3 is 0 Å². The minimum absolute atomic E-state index is 0.192. The molecule has 6 nitrogen and oxygen atoms in total. The molecule has 7 heteroatoms. The Morgan fingerprint density at radius 2 is 1.73 bits per heavy atom. The zero-order chi connectivity index (χ0) is 18.1. The molecule has 1 saturated heterocycles. The summed E-state index contributed by atoms with van der Waals surface area (Å²) in [5.74, 6) is 1.47. The standard InChI is InChI=1S/C19H25FN6/c20-15-3-1-13(2-4-15)12-25-5-7-26(8-6-25)18-11-17(23-19(22)24-18)14-9-16(21)10-14/h1-4,11,14,16H,5-10,12,21H2,(H2,22,23,24). The van der Waals surface area contributed by atoms with Gasteiger partial charge in [-0.3, -0.25) is 4.90 Å². The van der Waals surface area contributed by atoms with E-state index in [9.17, 15) is 4.39 Å². The number of rotatable bonds is 4. The van der Waals surface area contributed by atoms with Crippen molar-refractivity contribution < 1.29 is 4.39 Å². The number of benzene rings is 1. The molecule has 26 heavy (non-hydrogen) atoms. The number of anilines is 2. The molecule has 2 aromatic rings. The van der Waals surface area contributed by atoms with Gasteiger partial charge in [0.05, 0.1) is 5.69 Å². The van der Waals surface area contributed by atoms with Crippen molar-refractivity contribution in [2.24, 2.45) is 5.73 Å². The summed E-state index contributed by atoms with van der Waals surface area (Å²) in [6, 6.07) is 9.09. The third-order valence-electron chi connectivity index (χ3n) is 5.36. The van der Waals surface area contributed by atoms with Crippen molar-refractivity contribution in [3.05, 3.63) is 47.4 Å². The summed E-state index contributed by atoms with van der Waals surface area (Å²) in [7, 11) is 0. The molecule has 0 amide bonds. The van der Waals surface area contributed by atoms with E-state index in [-0.39, 0.29) is 11.9 Å². The lowest BCUT2D eigenvalue weighted by Gasteiger charge is -2.36. The summed E-state index contributed by atoms with van der Waals surface area (Å²) in [5.41, 5.74) is 14.0. The summed E-state index contributed by atoms with van der Waals surface area (Å²) in [6.07, 6.45) is 1.95. The maximum atomic E-state index is 13.0. The van der Waals surface area contributed by atoms with Gasteiger partial charge in [-0.05, 0) is 30.5 Å². The molecule has 0 radical (unpaired) electrons. The van der Waals surface area contributed by atoms with Crippen LogP contribution in [0.25, 0.3) is 0 Å². The summed E-state index contributed by atoms with van der Waals surface area (Å²) < 4.78 is 13.0. The monoisotopic (exact) mass is 356 g/mol. The Balaban J connectivity index is 1.37. The summed E-state index contributed by atoms with van der Waals surface area (Å²) in [4.78, 5) is 13.5. The topological polar surface area (TPSA) is 84.3 Å². The van der Waals surface area contributed by atoms with E-state index in [1.807, 2.05) is 12.1 Å². The Labute approximate surface area is 153 Å². The maximum absolute atomic E-state index is 13.0. The molecule has 1 aromatic carbocycles. The maximum Gasteiger partial charge on any atom is 0.222 e. The van der Waals surface area contributed by atoms with E-state index in [2.05, 4.69) is 25.8 Å². The normalized spacial score (nSPS) is 23.7. The lowest BCUT2D eigenvalue weighted by atomic mass is 9.78. The number of nitrogens with zero attached hydrogens (tertiary/aromatic N) is 4. The highest BCUT2D eigenvalue weighted by Crippen LogP contribution is 2.36. The van der Waals surface area contributed by atoms with Crippen LogP contribution in [0, 0.1) is 5.82 Å². The second kappa shape index (κ2) is 7.17. The zero-order valence-electron chi connectivity index (χ0n) is 14.8. The SMILES string of the molecule is Nc1nc(C2CC(N)C2)cc(N2CCN(Cc3ccc(F)cc3)CC2)n1. The molecule has 4 N–H and O–H groups in total. The molecule has 0 unspecified atom stereocenters. The Hall–Kier alpha value is -2.25. The number of halogens is 1. The number of piperazine rings is 1. The van der Waals surface area contributed by atoms with Crippen LogP contribution in [0.2, 0.25) is 0 Å². The molecule has 0 bridgehead atoms. The van der Waals surface area contributed by atoms with Gasteiger partial charge in [-0.25, -0.2) is 9.37 Å². The first-order chi connectivity index (χ1) is 12.6. The van der Waals surface area contributed by atoms with Gasteiger partial charge in [-0.1, -0.05) is 12.1 Å². The van der Waals surface area contributed by atoms with E-state index >= 15 is 0 Å². The smallest absolute Gasteiger partial charge is 0.222 e. The molecule has 138 valence electrons. The Morgan fingerprint density at radius 3 is 2.38 bits per heavy atom. The molecule has 0 spiro atoms. The van der Waals surface area contributed by atoms with Gasteiger partial charge in [0.2, 0.25) is 5.95 Å². The average molecular weight is 356 g/mol. The number of aromatic nitrogens is 2. The van der Waals surface area contributed by atoms with Gasteiger partial charge in [0.25, 0.3) is 0 Å². The quantitative estimate of drug-likeness (QED) is 0.868. The average Bonchev–Trinajstić information content (AvgIpc) is 2.61. The molecule has 2 aliphatic rings. The molecule has 4 rings (SSSR count). The molecule has 1 aromatic heterocycles. The fourth-order valence-electron chi connectivity index (χ4n) is 3.73. The van der Waals surface area contributed by atoms with E-state index in [0.29, 0.717) is 11.9 Å². The Morgan fingerprint density at radius 1 is 1.04 bits per heavy atom. The summed E-state index contributed by atoms with van der Waals surface area (Å²) in [6.45, 7) is 4.49. The highest BCUT2D eigenvalue weighted by Gasteiger charge is 2.29. The van der Waals surface area contributed by atoms with E-state index in [4.69, 9.17) is 11.5 Å². The predicted octanol–water partition coefficient (Wildman–Crippen LogP) is 1.72. The van der Waals surface area contributed by atoms with E-state index < -0.39 is 0 Å². The van der Waals surface area contributed by atoms with Crippen LogP contribution < -0.4 is 16.4 Å². The van der Waals surface area contributed by atoms with Crippen LogP contribution in [0.1, 0.15) is 30.0 Å². The van der Waals surface area contributed by atoms with Gasteiger partial charge in [0.1, 0.15) is 11.6 Å². The van der Waals surface area contributed by atoms with Gasteiger partial charge in [0, 0.05) is 50.7 Å².